The van der Waals surface area contributed by atoms with Crippen LogP contribution in [0.4, 0.5) is 0 Å². The van der Waals surface area contributed by atoms with E-state index < -0.39 is 0 Å². The van der Waals surface area contributed by atoms with Crippen LogP contribution in [0.15, 0.2) is 12.3 Å². The Morgan fingerprint density at radius 1 is 1.29 bits per heavy atom. The average molecular weight is 194 g/mol. The molecule has 0 amide bonds. The van der Waals surface area contributed by atoms with Crippen LogP contribution in [0.25, 0.3) is 0 Å². The van der Waals surface area contributed by atoms with Crippen LogP contribution in [0.3, 0.4) is 0 Å². The Morgan fingerprint density at radius 3 is 3.00 bits per heavy atom. The molecule has 3 aliphatic rings. The predicted molar refractivity (Wildman–Crippen MR) is 53.8 cm³/mol. The SMILES string of the molecule is C/C=C/OC1CC2OC1C1CCCC21. The highest BCUT2D eigenvalue weighted by Crippen LogP contribution is 2.52. The van der Waals surface area contributed by atoms with Crippen molar-refractivity contribution < 1.29 is 9.47 Å². The minimum absolute atomic E-state index is 0.343. The molecular formula is C12H18O2. The van der Waals surface area contributed by atoms with Crippen molar-refractivity contribution >= 4 is 0 Å². The summed E-state index contributed by atoms with van der Waals surface area (Å²) in [6.07, 6.45) is 10.3. The van der Waals surface area contributed by atoms with Crippen LogP contribution in [-0.2, 0) is 9.47 Å². The summed E-state index contributed by atoms with van der Waals surface area (Å²) in [5.74, 6) is 1.68. The first-order valence-corrected chi connectivity index (χ1v) is 5.82. The maximum absolute atomic E-state index is 5.99. The lowest BCUT2D eigenvalue weighted by atomic mass is 9.80. The van der Waals surface area contributed by atoms with Gasteiger partial charge in [-0.2, -0.15) is 0 Å². The third-order valence-electron chi connectivity index (χ3n) is 4.08. The Hall–Kier alpha value is -0.500. The summed E-state index contributed by atoms with van der Waals surface area (Å²) in [5.41, 5.74) is 0. The molecule has 0 aromatic heterocycles. The maximum atomic E-state index is 5.99. The first-order chi connectivity index (χ1) is 6.90. The third kappa shape index (κ3) is 1.13. The van der Waals surface area contributed by atoms with Gasteiger partial charge < -0.3 is 9.47 Å². The smallest absolute Gasteiger partial charge is 0.127 e. The molecule has 3 fully saturated rings. The molecule has 3 rings (SSSR count). The molecule has 0 N–H and O–H groups in total. The van der Waals surface area contributed by atoms with Gasteiger partial charge in [0.1, 0.15) is 6.10 Å². The lowest BCUT2D eigenvalue weighted by Crippen LogP contribution is -2.34. The molecule has 0 aromatic carbocycles. The number of ether oxygens (including phenoxy) is 2. The van der Waals surface area contributed by atoms with Crippen LogP contribution in [0.2, 0.25) is 0 Å². The Morgan fingerprint density at radius 2 is 2.14 bits per heavy atom. The molecule has 0 aromatic rings. The molecule has 14 heavy (non-hydrogen) atoms. The van der Waals surface area contributed by atoms with Gasteiger partial charge >= 0.3 is 0 Å². The molecule has 78 valence electrons. The molecule has 2 bridgehead atoms. The zero-order chi connectivity index (χ0) is 9.54. The first-order valence-electron chi connectivity index (χ1n) is 5.82. The molecule has 0 radical (unpaired) electrons. The second kappa shape index (κ2) is 3.27. The van der Waals surface area contributed by atoms with E-state index in [2.05, 4.69) is 0 Å². The Kier molecular flexibility index (Phi) is 2.05. The van der Waals surface area contributed by atoms with Crippen LogP contribution in [0, 0.1) is 11.8 Å². The largest absolute Gasteiger partial charge is 0.496 e. The summed E-state index contributed by atoms with van der Waals surface area (Å²) in [6.45, 7) is 1.99. The van der Waals surface area contributed by atoms with E-state index in [9.17, 15) is 0 Å². The number of hydrogen-bond donors (Lipinski definition) is 0. The maximum Gasteiger partial charge on any atom is 0.127 e. The van der Waals surface area contributed by atoms with Gasteiger partial charge in [-0.1, -0.05) is 12.5 Å². The number of rotatable bonds is 2. The molecule has 2 nitrogen and oxygen atoms in total. The lowest BCUT2D eigenvalue weighted by molar-refractivity contribution is 0.0228. The molecule has 0 spiro atoms. The molecule has 2 heteroatoms. The van der Waals surface area contributed by atoms with Crippen LogP contribution >= 0.6 is 0 Å². The number of fused-ring (bicyclic) bond motifs is 5. The van der Waals surface area contributed by atoms with Gasteiger partial charge in [0, 0.05) is 6.42 Å². The lowest BCUT2D eigenvalue weighted by Gasteiger charge is -2.27. The molecule has 5 atom stereocenters. The van der Waals surface area contributed by atoms with Gasteiger partial charge in [0.25, 0.3) is 0 Å². The minimum atomic E-state index is 0.343. The predicted octanol–water partition coefficient (Wildman–Crippen LogP) is 2.49. The van der Waals surface area contributed by atoms with Crippen LogP contribution in [-0.4, -0.2) is 18.3 Å². The van der Waals surface area contributed by atoms with Crippen molar-refractivity contribution in [3.05, 3.63) is 12.3 Å². The van der Waals surface area contributed by atoms with E-state index in [0.29, 0.717) is 18.3 Å². The fraction of sp³-hybridized carbons (Fsp3) is 0.833. The highest BCUT2D eigenvalue weighted by molar-refractivity contribution is 5.04. The van der Waals surface area contributed by atoms with Crippen molar-refractivity contribution in [1.29, 1.82) is 0 Å². The van der Waals surface area contributed by atoms with E-state index >= 15 is 0 Å². The molecule has 2 saturated heterocycles. The highest BCUT2D eigenvalue weighted by atomic mass is 16.6. The van der Waals surface area contributed by atoms with E-state index in [1.165, 1.54) is 19.3 Å². The van der Waals surface area contributed by atoms with E-state index in [1.54, 1.807) is 0 Å². The van der Waals surface area contributed by atoms with Gasteiger partial charge in [-0.05, 0) is 31.6 Å². The van der Waals surface area contributed by atoms with Crippen LogP contribution in [0.5, 0.6) is 0 Å². The van der Waals surface area contributed by atoms with Crippen molar-refractivity contribution in [2.24, 2.45) is 11.8 Å². The highest BCUT2D eigenvalue weighted by Gasteiger charge is 2.56. The fourth-order valence-electron chi connectivity index (χ4n) is 3.56. The second-order valence-corrected chi connectivity index (χ2v) is 4.78. The van der Waals surface area contributed by atoms with E-state index in [0.717, 1.165) is 18.3 Å². The molecule has 1 saturated carbocycles. The Bertz CT molecular complexity index is 249. The summed E-state index contributed by atoms with van der Waals surface area (Å²) in [5, 5.41) is 0. The van der Waals surface area contributed by atoms with Crippen molar-refractivity contribution in [2.45, 2.75) is 50.9 Å². The van der Waals surface area contributed by atoms with Gasteiger partial charge in [0.15, 0.2) is 0 Å². The summed E-state index contributed by atoms with van der Waals surface area (Å²) in [6, 6.07) is 0. The molecule has 1 aliphatic carbocycles. The van der Waals surface area contributed by atoms with Gasteiger partial charge in [0.2, 0.25) is 0 Å². The van der Waals surface area contributed by atoms with Crippen molar-refractivity contribution in [1.82, 2.24) is 0 Å². The van der Waals surface area contributed by atoms with E-state index in [1.807, 2.05) is 19.3 Å². The number of hydrogen-bond acceptors (Lipinski definition) is 2. The van der Waals surface area contributed by atoms with Gasteiger partial charge in [-0.3, -0.25) is 0 Å². The first kappa shape index (κ1) is 8.78. The summed E-state index contributed by atoms with van der Waals surface area (Å²) >= 11 is 0. The minimum Gasteiger partial charge on any atom is -0.496 e. The normalized spacial score (nSPS) is 50.2. The van der Waals surface area contributed by atoms with Gasteiger partial charge in [-0.15, -0.1) is 0 Å². The second-order valence-electron chi connectivity index (χ2n) is 4.78. The molecule has 2 aliphatic heterocycles. The van der Waals surface area contributed by atoms with Crippen molar-refractivity contribution in [2.75, 3.05) is 0 Å². The number of allylic oxidation sites excluding steroid dienone is 1. The average Bonchev–Trinajstić information content (AvgIpc) is 2.85. The van der Waals surface area contributed by atoms with E-state index in [4.69, 9.17) is 9.47 Å². The van der Waals surface area contributed by atoms with Crippen LogP contribution < -0.4 is 0 Å². The zero-order valence-corrected chi connectivity index (χ0v) is 8.69. The third-order valence-corrected chi connectivity index (χ3v) is 4.08. The molecule has 2 heterocycles. The Labute approximate surface area is 85.3 Å². The summed E-state index contributed by atoms with van der Waals surface area (Å²) in [7, 11) is 0. The quantitative estimate of drug-likeness (QED) is 0.629. The van der Waals surface area contributed by atoms with Crippen molar-refractivity contribution in [3.63, 3.8) is 0 Å². The van der Waals surface area contributed by atoms with E-state index in [-0.39, 0.29) is 0 Å². The van der Waals surface area contributed by atoms with Gasteiger partial charge in [0.05, 0.1) is 18.5 Å². The summed E-state index contributed by atoms with van der Waals surface area (Å²) < 4.78 is 11.7. The summed E-state index contributed by atoms with van der Waals surface area (Å²) in [4.78, 5) is 0. The van der Waals surface area contributed by atoms with Gasteiger partial charge in [-0.25, -0.2) is 0 Å². The zero-order valence-electron chi connectivity index (χ0n) is 8.69. The van der Waals surface area contributed by atoms with Crippen molar-refractivity contribution in [3.8, 4) is 0 Å². The Balaban J connectivity index is 1.70. The topological polar surface area (TPSA) is 18.5 Å². The molecule has 5 unspecified atom stereocenters. The molecular weight excluding hydrogens is 176 g/mol. The fourth-order valence-corrected chi connectivity index (χ4v) is 3.56. The standard InChI is InChI=1S/C12H18O2/c1-2-6-13-11-7-10-8-4-3-5-9(8)12(11)14-10/h2,6,8-12H,3-5,7H2,1H3/b6-2+. The van der Waals surface area contributed by atoms with Crippen LogP contribution in [0.1, 0.15) is 32.6 Å². The monoisotopic (exact) mass is 194 g/mol.